The van der Waals surface area contributed by atoms with Gasteiger partial charge in [0.05, 0.1) is 0 Å². The summed E-state index contributed by atoms with van der Waals surface area (Å²) in [5.41, 5.74) is 3.29. The van der Waals surface area contributed by atoms with Gasteiger partial charge in [-0.25, -0.2) is 9.59 Å². The molecular formula is C26H24N4O5. The molecule has 2 saturated heterocycles. The highest BCUT2D eigenvalue weighted by Crippen LogP contribution is 2.59. The van der Waals surface area contributed by atoms with E-state index >= 15 is 0 Å². The Morgan fingerprint density at radius 1 is 1.11 bits per heavy atom. The number of nitrogens with one attached hydrogen (secondary N) is 2. The SMILES string of the molecule is CC12CN(C(=O)c3cc(NC(=O)OCC4c5ccccc5-c5ccccc54)n[nH]3)C(C(=O)O)(C1)C2. The van der Waals surface area contributed by atoms with Crippen LogP contribution in [0.5, 0.6) is 0 Å². The molecule has 3 fully saturated rings. The Hall–Kier alpha value is -4.14. The second kappa shape index (κ2) is 7.43. The topological polar surface area (TPSA) is 125 Å². The van der Waals surface area contributed by atoms with Gasteiger partial charge in [0.1, 0.15) is 17.8 Å². The van der Waals surface area contributed by atoms with Gasteiger partial charge in [-0.05, 0) is 40.5 Å². The minimum Gasteiger partial charge on any atom is -0.479 e. The van der Waals surface area contributed by atoms with Crippen LogP contribution in [0.25, 0.3) is 11.1 Å². The van der Waals surface area contributed by atoms with E-state index in [1.807, 2.05) is 43.3 Å². The van der Waals surface area contributed by atoms with Crippen molar-refractivity contribution in [2.45, 2.75) is 31.2 Å². The zero-order chi connectivity index (χ0) is 24.4. The number of nitrogens with zero attached hydrogens (tertiary/aromatic N) is 2. The molecule has 0 atom stereocenters. The molecule has 2 aromatic carbocycles. The van der Waals surface area contributed by atoms with Crippen LogP contribution in [0, 0.1) is 5.41 Å². The number of carboxylic acid groups (broad SMARTS) is 1. The third kappa shape index (κ3) is 3.22. The van der Waals surface area contributed by atoms with Crippen LogP contribution in [0.4, 0.5) is 10.6 Å². The van der Waals surface area contributed by atoms with Crippen LogP contribution in [0.1, 0.15) is 47.3 Å². The van der Waals surface area contributed by atoms with E-state index in [-0.39, 0.29) is 29.5 Å². The molecule has 3 N–H and O–H groups in total. The van der Waals surface area contributed by atoms with Gasteiger partial charge < -0.3 is 14.7 Å². The number of amides is 2. The van der Waals surface area contributed by atoms with Crippen molar-refractivity contribution in [3.8, 4) is 11.1 Å². The molecule has 2 aliphatic carbocycles. The quantitative estimate of drug-likeness (QED) is 0.518. The van der Waals surface area contributed by atoms with E-state index in [0.29, 0.717) is 19.4 Å². The summed E-state index contributed by atoms with van der Waals surface area (Å²) in [6.45, 7) is 2.52. The number of benzene rings is 2. The Balaban J connectivity index is 1.12. The smallest absolute Gasteiger partial charge is 0.412 e. The molecule has 0 spiro atoms. The molecule has 3 heterocycles. The standard InChI is InChI=1S/C26H24N4O5/c1-25-12-26(13-25,23(32)33)30(14-25)22(31)20-10-21(29-28-20)27-24(34)35-11-19-17-8-4-2-6-15(17)16-7-3-5-9-18(16)19/h2-10,19H,11-14H2,1H3,(H,32,33)(H2,27,28,29,34). The number of anilines is 1. The van der Waals surface area contributed by atoms with Gasteiger partial charge in [-0.2, -0.15) is 5.10 Å². The molecular weight excluding hydrogens is 448 g/mol. The summed E-state index contributed by atoms with van der Waals surface area (Å²) >= 11 is 0. The first kappa shape index (κ1) is 21.4. The molecule has 0 radical (unpaired) electrons. The number of carbonyl (C=O) groups excluding carboxylic acids is 2. The van der Waals surface area contributed by atoms with Gasteiger partial charge in [0.2, 0.25) is 0 Å². The van der Waals surface area contributed by atoms with E-state index in [1.54, 1.807) is 0 Å². The summed E-state index contributed by atoms with van der Waals surface area (Å²) in [5.74, 6) is -1.37. The van der Waals surface area contributed by atoms with E-state index in [9.17, 15) is 19.5 Å². The highest BCUT2D eigenvalue weighted by molar-refractivity contribution is 5.99. The fourth-order valence-electron chi connectivity index (χ4n) is 6.11. The fourth-order valence-corrected chi connectivity index (χ4v) is 6.11. The minimum absolute atomic E-state index is 0.0697. The average Bonchev–Trinajstić information content (AvgIpc) is 3.56. The number of fused-ring (bicyclic) bond motifs is 4. The van der Waals surface area contributed by atoms with E-state index in [0.717, 1.165) is 22.3 Å². The second-order valence-electron chi connectivity index (χ2n) is 10.0. The van der Waals surface area contributed by atoms with Crippen molar-refractivity contribution >= 4 is 23.8 Å². The lowest BCUT2D eigenvalue weighted by atomic mass is 9.63. The third-order valence-electron chi connectivity index (χ3n) is 7.52. The Labute approximate surface area is 201 Å². The van der Waals surface area contributed by atoms with Crippen molar-refractivity contribution in [3.05, 3.63) is 71.4 Å². The number of hydrogen-bond donors (Lipinski definition) is 3. The molecule has 4 aliphatic rings. The van der Waals surface area contributed by atoms with E-state index in [4.69, 9.17) is 4.74 Å². The number of hydrogen-bond acceptors (Lipinski definition) is 5. The van der Waals surface area contributed by atoms with Crippen molar-refractivity contribution < 1.29 is 24.2 Å². The average molecular weight is 473 g/mol. The van der Waals surface area contributed by atoms with Crippen LogP contribution in [-0.4, -0.2) is 56.9 Å². The van der Waals surface area contributed by atoms with Crippen LogP contribution in [0.2, 0.25) is 0 Å². The Kier molecular flexibility index (Phi) is 4.54. The summed E-state index contributed by atoms with van der Waals surface area (Å²) in [7, 11) is 0. The summed E-state index contributed by atoms with van der Waals surface area (Å²) in [4.78, 5) is 38.8. The number of carbonyl (C=O) groups is 3. The van der Waals surface area contributed by atoms with Gasteiger partial charge in [-0.15, -0.1) is 0 Å². The Bertz CT molecular complexity index is 1330. The second-order valence-corrected chi connectivity index (χ2v) is 10.0. The zero-order valence-electron chi connectivity index (χ0n) is 19.1. The van der Waals surface area contributed by atoms with E-state index in [2.05, 4.69) is 27.6 Å². The maximum atomic E-state index is 13.0. The molecule has 2 amide bonds. The van der Waals surface area contributed by atoms with Crippen molar-refractivity contribution in [2.75, 3.05) is 18.5 Å². The van der Waals surface area contributed by atoms with Crippen molar-refractivity contribution in [2.24, 2.45) is 5.41 Å². The normalized spacial score (nSPS) is 23.9. The molecule has 2 aliphatic heterocycles. The highest BCUT2D eigenvalue weighted by Gasteiger charge is 2.68. The number of rotatable bonds is 5. The summed E-state index contributed by atoms with van der Waals surface area (Å²) in [6.07, 6.45) is 0.204. The van der Waals surface area contributed by atoms with Crippen molar-refractivity contribution in [1.29, 1.82) is 0 Å². The zero-order valence-corrected chi connectivity index (χ0v) is 19.1. The molecule has 0 unspecified atom stereocenters. The van der Waals surface area contributed by atoms with Crippen LogP contribution < -0.4 is 5.32 Å². The number of aliphatic carboxylic acids is 1. The lowest BCUT2D eigenvalue weighted by molar-refractivity contribution is -0.153. The first-order valence-electron chi connectivity index (χ1n) is 11.5. The molecule has 1 aromatic heterocycles. The van der Waals surface area contributed by atoms with Gasteiger partial charge in [-0.3, -0.25) is 15.2 Å². The lowest BCUT2D eigenvalue weighted by Gasteiger charge is -2.42. The number of aromatic nitrogens is 2. The van der Waals surface area contributed by atoms with Gasteiger partial charge in [0, 0.05) is 18.5 Å². The van der Waals surface area contributed by atoms with Crippen molar-refractivity contribution in [1.82, 2.24) is 15.1 Å². The molecule has 178 valence electrons. The van der Waals surface area contributed by atoms with E-state index in [1.165, 1.54) is 11.0 Å². The van der Waals surface area contributed by atoms with Crippen LogP contribution >= 0.6 is 0 Å². The summed E-state index contributed by atoms with van der Waals surface area (Å²) in [6, 6.07) is 17.5. The maximum Gasteiger partial charge on any atom is 0.412 e. The Morgan fingerprint density at radius 2 is 1.74 bits per heavy atom. The molecule has 9 nitrogen and oxygen atoms in total. The highest BCUT2D eigenvalue weighted by atomic mass is 16.5. The molecule has 35 heavy (non-hydrogen) atoms. The predicted octanol–water partition coefficient (Wildman–Crippen LogP) is 3.85. The first-order chi connectivity index (χ1) is 16.8. The molecule has 9 heteroatoms. The number of aromatic amines is 1. The largest absolute Gasteiger partial charge is 0.479 e. The van der Waals surface area contributed by atoms with Gasteiger partial charge in [0.25, 0.3) is 5.91 Å². The molecule has 1 saturated carbocycles. The van der Waals surface area contributed by atoms with Gasteiger partial charge in [-0.1, -0.05) is 55.5 Å². The summed E-state index contributed by atoms with van der Waals surface area (Å²) in [5, 5.41) is 18.9. The fraction of sp³-hybridized carbons (Fsp3) is 0.308. The Morgan fingerprint density at radius 3 is 2.37 bits per heavy atom. The molecule has 7 rings (SSSR count). The monoisotopic (exact) mass is 472 g/mol. The van der Waals surface area contributed by atoms with Crippen molar-refractivity contribution in [3.63, 3.8) is 0 Å². The number of H-pyrrole nitrogens is 1. The number of carboxylic acids is 1. The predicted molar refractivity (Wildman–Crippen MR) is 126 cm³/mol. The van der Waals surface area contributed by atoms with Crippen LogP contribution in [0.3, 0.4) is 0 Å². The summed E-state index contributed by atoms with van der Waals surface area (Å²) < 4.78 is 5.52. The third-order valence-corrected chi connectivity index (χ3v) is 7.52. The molecule has 2 bridgehead atoms. The van der Waals surface area contributed by atoms with Gasteiger partial charge >= 0.3 is 12.1 Å². The van der Waals surface area contributed by atoms with E-state index < -0.39 is 23.5 Å². The lowest BCUT2D eigenvalue weighted by Crippen LogP contribution is -2.56. The maximum absolute atomic E-state index is 13.0. The minimum atomic E-state index is -1.16. The van der Waals surface area contributed by atoms with Crippen LogP contribution in [0.15, 0.2) is 54.6 Å². The first-order valence-corrected chi connectivity index (χ1v) is 11.5. The molecule has 3 aromatic rings. The van der Waals surface area contributed by atoms with Gasteiger partial charge in [0.15, 0.2) is 5.82 Å². The van der Waals surface area contributed by atoms with Crippen LogP contribution in [-0.2, 0) is 9.53 Å². The number of ether oxygens (including phenoxy) is 1.